The quantitative estimate of drug-likeness (QED) is 0.165. The van der Waals surface area contributed by atoms with Gasteiger partial charge in [0.2, 0.25) is 0 Å². The third-order valence-corrected chi connectivity index (χ3v) is 12.9. The highest BCUT2D eigenvalue weighted by Gasteiger charge is 2.51. The number of allylic oxidation sites excluding steroid dienone is 1. The molecule has 1 aliphatic carbocycles. The van der Waals surface area contributed by atoms with Crippen LogP contribution in [0.15, 0.2) is 242 Å². The Bertz CT molecular complexity index is 3140. The normalized spacial score (nSPS) is 15.4. The van der Waals surface area contributed by atoms with E-state index in [2.05, 4.69) is 235 Å². The SMILES string of the molecule is C1=C(c2ccccc2)[N-]C(c2ccc(-c3ccccc3)cc2)N=C1c1ccc(-c2ccc3c(c2)C2(c4ccccc4-3)c3ccccc3N(c3ccccc3)c3ccccc32)cc1. The summed E-state index contributed by atoms with van der Waals surface area (Å²) in [6.45, 7) is 0. The standard InChI is InChI=1S/C59H40N3/c1-4-16-40(17-5-1)41-30-34-45(35-31-41)58-60-54(43-18-6-2-7-19-43)39-55(61-58)44-32-28-42(29-33-44)46-36-37-49-48-22-10-11-23-50(48)59(53(49)38-46)51-24-12-14-26-56(51)62(47-20-8-3-9-21-47)57-27-15-13-25-52(57)59/h1-39,58H/q-1. The van der Waals surface area contributed by atoms with Crippen molar-refractivity contribution in [1.82, 2.24) is 0 Å². The lowest BCUT2D eigenvalue weighted by molar-refractivity contribution is 0.753. The van der Waals surface area contributed by atoms with Crippen molar-refractivity contribution in [3.05, 3.63) is 281 Å². The summed E-state index contributed by atoms with van der Waals surface area (Å²) < 4.78 is 0. The highest BCUT2D eigenvalue weighted by atomic mass is 15.2. The zero-order valence-corrected chi connectivity index (χ0v) is 33.9. The molecule has 1 atom stereocenters. The summed E-state index contributed by atoms with van der Waals surface area (Å²) in [5.74, 6) is 0. The second kappa shape index (κ2) is 14.6. The maximum absolute atomic E-state index is 5.27. The Morgan fingerprint density at radius 2 is 0.871 bits per heavy atom. The highest BCUT2D eigenvalue weighted by molar-refractivity contribution is 6.14. The van der Waals surface area contributed by atoms with Crippen molar-refractivity contribution < 1.29 is 0 Å². The van der Waals surface area contributed by atoms with Crippen LogP contribution in [0.3, 0.4) is 0 Å². The van der Waals surface area contributed by atoms with Crippen LogP contribution in [0.25, 0.3) is 44.4 Å². The zero-order valence-electron chi connectivity index (χ0n) is 33.9. The molecule has 0 bridgehead atoms. The Morgan fingerprint density at radius 1 is 0.387 bits per heavy atom. The van der Waals surface area contributed by atoms with Gasteiger partial charge in [-0.15, -0.1) is 5.70 Å². The number of nitrogens with zero attached hydrogens (tertiary/aromatic N) is 3. The van der Waals surface area contributed by atoms with Crippen LogP contribution >= 0.6 is 0 Å². The maximum Gasteiger partial charge on any atom is 0.0754 e. The molecule has 292 valence electrons. The minimum atomic E-state index is -0.506. The smallest absolute Gasteiger partial charge is 0.0754 e. The topological polar surface area (TPSA) is 29.7 Å². The third kappa shape index (κ3) is 5.70. The molecule has 9 aromatic carbocycles. The fourth-order valence-electron chi connectivity index (χ4n) is 10.0. The lowest BCUT2D eigenvalue weighted by Crippen LogP contribution is -2.36. The first kappa shape index (κ1) is 35.9. The lowest BCUT2D eigenvalue weighted by Gasteiger charge is -2.45. The third-order valence-electron chi connectivity index (χ3n) is 12.9. The van der Waals surface area contributed by atoms with E-state index >= 15 is 0 Å². The largest absolute Gasteiger partial charge is 0.659 e. The van der Waals surface area contributed by atoms with Crippen LogP contribution in [0.4, 0.5) is 17.1 Å². The molecule has 0 fully saturated rings. The summed E-state index contributed by atoms with van der Waals surface area (Å²) >= 11 is 0. The van der Waals surface area contributed by atoms with Gasteiger partial charge < -0.3 is 10.2 Å². The van der Waals surface area contributed by atoms with E-state index in [1.54, 1.807) is 0 Å². The van der Waals surface area contributed by atoms with E-state index in [1.165, 1.54) is 61.4 Å². The predicted molar refractivity (Wildman–Crippen MR) is 256 cm³/mol. The summed E-state index contributed by atoms with van der Waals surface area (Å²) in [6.07, 6.45) is 1.77. The van der Waals surface area contributed by atoms with Crippen molar-refractivity contribution in [3.63, 3.8) is 0 Å². The fourth-order valence-corrected chi connectivity index (χ4v) is 10.0. The molecule has 0 N–H and O–H groups in total. The number of rotatable bonds is 6. The molecule has 0 amide bonds. The minimum absolute atomic E-state index is 0.358. The van der Waals surface area contributed by atoms with Crippen LogP contribution in [0.1, 0.15) is 45.1 Å². The van der Waals surface area contributed by atoms with Gasteiger partial charge in [-0.25, -0.2) is 0 Å². The van der Waals surface area contributed by atoms with Crippen LogP contribution in [-0.4, -0.2) is 5.71 Å². The van der Waals surface area contributed by atoms with E-state index in [0.717, 1.165) is 39.3 Å². The van der Waals surface area contributed by atoms with Crippen molar-refractivity contribution in [2.24, 2.45) is 4.99 Å². The number of para-hydroxylation sites is 3. The lowest BCUT2D eigenvalue weighted by atomic mass is 9.64. The van der Waals surface area contributed by atoms with Crippen LogP contribution in [0.2, 0.25) is 0 Å². The molecule has 3 nitrogen and oxygen atoms in total. The van der Waals surface area contributed by atoms with Gasteiger partial charge in [-0.2, -0.15) is 0 Å². The highest BCUT2D eigenvalue weighted by Crippen LogP contribution is 2.63. The average molecular weight is 791 g/mol. The Balaban J connectivity index is 0.956. The van der Waals surface area contributed by atoms with Gasteiger partial charge in [0.25, 0.3) is 0 Å². The number of aliphatic imine (C=N–C) groups is 1. The van der Waals surface area contributed by atoms with Crippen molar-refractivity contribution in [2.75, 3.05) is 4.90 Å². The number of hydrogen-bond acceptors (Lipinski definition) is 2. The van der Waals surface area contributed by atoms with E-state index in [1.807, 2.05) is 6.07 Å². The first-order valence-electron chi connectivity index (χ1n) is 21.3. The molecule has 3 heteroatoms. The van der Waals surface area contributed by atoms with Crippen molar-refractivity contribution in [3.8, 4) is 33.4 Å². The van der Waals surface area contributed by atoms with Crippen LogP contribution in [-0.2, 0) is 5.41 Å². The van der Waals surface area contributed by atoms with E-state index in [0.29, 0.717) is 0 Å². The molecule has 2 heterocycles. The second-order valence-corrected chi connectivity index (χ2v) is 16.2. The molecule has 62 heavy (non-hydrogen) atoms. The molecule has 0 radical (unpaired) electrons. The monoisotopic (exact) mass is 790 g/mol. The van der Waals surface area contributed by atoms with Crippen molar-refractivity contribution in [2.45, 2.75) is 11.6 Å². The first-order valence-corrected chi connectivity index (χ1v) is 21.3. The van der Waals surface area contributed by atoms with Gasteiger partial charge in [0, 0.05) is 11.9 Å². The molecule has 1 spiro atoms. The summed E-state index contributed by atoms with van der Waals surface area (Å²) in [7, 11) is 0. The van der Waals surface area contributed by atoms with Gasteiger partial charge in [-0.05, 0) is 103 Å². The molecule has 9 aromatic rings. The van der Waals surface area contributed by atoms with Gasteiger partial charge in [0.05, 0.1) is 22.5 Å². The van der Waals surface area contributed by atoms with E-state index in [9.17, 15) is 0 Å². The Labute approximate surface area is 362 Å². The Kier molecular flexibility index (Phi) is 8.46. The summed E-state index contributed by atoms with van der Waals surface area (Å²) in [5, 5.41) is 5.18. The number of hydrogen-bond donors (Lipinski definition) is 0. The number of benzene rings is 9. The number of anilines is 3. The van der Waals surface area contributed by atoms with Crippen LogP contribution in [0.5, 0.6) is 0 Å². The molecular weight excluding hydrogens is 751 g/mol. The molecule has 1 unspecified atom stereocenters. The fraction of sp³-hybridized carbons (Fsp3) is 0.0339. The molecule has 2 aliphatic heterocycles. The van der Waals surface area contributed by atoms with Crippen LogP contribution < -0.4 is 4.90 Å². The van der Waals surface area contributed by atoms with Crippen LogP contribution in [0, 0.1) is 0 Å². The molecule has 3 aliphatic rings. The average Bonchev–Trinajstić information content (AvgIpc) is 3.65. The summed E-state index contributed by atoms with van der Waals surface area (Å²) in [6, 6.07) is 83.4. The summed E-state index contributed by atoms with van der Waals surface area (Å²) in [5.41, 5.74) is 20.6. The zero-order chi connectivity index (χ0) is 41.0. The Morgan fingerprint density at radius 3 is 1.55 bits per heavy atom. The van der Waals surface area contributed by atoms with Crippen molar-refractivity contribution >= 4 is 28.5 Å². The maximum atomic E-state index is 5.27. The Hall–Kier alpha value is -8.01. The number of fused-ring (bicyclic) bond motifs is 9. The second-order valence-electron chi connectivity index (χ2n) is 16.2. The van der Waals surface area contributed by atoms with Gasteiger partial charge >= 0.3 is 0 Å². The van der Waals surface area contributed by atoms with Gasteiger partial charge in [0.15, 0.2) is 0 Å². The molecule has 0 saturated carbocycles. The minimum Gasteiger partial charge on any atom is -0.659 e. The predicted octanol–water partition coefficient (Wildman–Crippen LogP) is 15.1. The van der Waals surface area contributed by atoms with Gasteiger partial charge in [-0.1, -0.05) is 206 Å². The summed E-state index contributed by atoms with van der Waals surface area (Å²) in [4.78, 5) is 7.70. The first-order chi connectivity index (χ1) is 30.7. The molecule has 12 rings (SSSR count). The molecular formula is C59H40N3-. The molecule has 0 saturated heterocycles. The van der Waals surface area contributed by atoms with Gasteiger partial charge in [-0.3, -0.25) is 4.99 Å². The van der Waals surface area contributed by atoms with E-state index in [-0.39, 0.29) is 6.17 Å². The van der Waals surface area contributed by atoms with E-state index in [4.69, 9.17) is 10.3 Å². The van der Waals surface area contributed by atoms with E-state index < -0.39 is 5.41 Å². The van der Waals surface area contributed by atoms with Crippen molar-refractivity contribution in [1.29, 1.82) is 0 Å². The molecule has 0 aromatic heterocycles. The van der Waals surface area contributed by atoms with Gasteiger partial charge in [0.1, 0.15) is 0 Å².